The molecule has 3 saturated carbocycles. The maximum atomic E-state index is 12.6. The second kappa shape index (κ2) is 16.5. The van der Waals surface area contributed by atoms with E-state index in [1.165, 1.54) is 31.3 Å². The zero-order chi connectivity index (χ0) is 33.6. The number of fused-ring (bicyclic) bond motifs is 7. The van der Waals surface area contributed by atoms with E-state index in [-0.39, 0.29) is 43.0 Å². The maximum Gasteiger partial charge on any atom is 0.407 e. The van der Waals surface area contributed by atoms with E-state index in [1.807, 2.05) is 0 Å². The maximum absolute atomic E-state index is 12.6. The number of aliphatic hydroxyl groups is 1. The van der Waals surface area contributed by atoms with Crippen molar-refractivity contribution >= 4 is 39.6 Å². The molecule has 2 amide bonds. The standard InChI is InChI=1S/C36H58N2O7S2/c1-23(22-39)7-9-25-20-30-31(44-25)21-29-27-10-8-24-19-26(11-13-35(24,2)28(27)12-14-36(29,30)3)45-34(43)38-16-18-47-46-17-15-37-32(40)5-4-6-33(41)42/h8,23,25-31,39H,4-7,9-22H2,1-3H3,(H,37,40)(H,38,43)(H,41,42). The van der Waals surface area contributed by atoms with Gasteiger partial charge in [0, 0.05) is 50.5 Å². The molecular weight excluding hydrogens is 637 g/mol. The molecule has 11 heteroatoms. The monoisotopic (exact) mass is 694 g/mol. The SMILES string of the molecule is CC(CO)CCC1CC2C(CC3C4CC=C5CC(OC(=O)NCCSSCCNC(=O)CCCC(=O)O)CCC5(C)C4CCC23C)O1. The van der Waals surface area contributed by atoms with Crippen LogP contribution in [0.1, 0.15) is 104 Å². The van der Waals surface area contributed by atoms with Crippen molar-refractivity contribution in [1.82, 2.24) is 10.6 Å². The zero-order valence-electron chi connectivity index (χ0n) is 28.7. The normalized spacial score (nSPS) is 36.3. The van der Waals surface area contributed by atoms with Crippen molar-refractivity contribution in [2.75, 3.05) is 31.2 Å². The van der Waals surface area contributed by atoms with E-state index in [4.69, 9.17) is 14.6 Å². The number of amides is 2. The lowest BCUT2D eigenvalue weighted by Gasteiger charge is -2.58. The molecule has 47 heavy (non-hydrogen) atoms. The Morgan fingerprint density at radius 3 is 2.55 bits per heavy atom. The number of carbonyl (C=O) groups excluding carboxylic acids is 2. The molecule has 0 aromatic heterocycles. The second-order valence-electron chi connectivity index (χ2n) is 15.5. The summed E-state index contributed by atoms with van der Waals surface area (Å²) < 4.78 is 12.6. The topological polar surface area (TPSA) is 134 Å². The van der Waals surface area contributed by atoms with Gasteiger partial charge in [0.2, 0.25) is 5.91 Å². The van der Waals surface area contributed by atoms with Crippen LogP contribution in [0.4, 0.5) is 4.79 Å². The first-order chi connectivity index (χ1) is 22.5. The molecule has 5 rings (SSSR count). The van der Waals surface area contributed by atoms with Gasteiger partial charge in [-0.25, -0.2) is 4.79 Å². The molecule has 0 bridgehead atoms. The molecular formula is C36H58N2O7S2. The molecule has 266 valence electrons. The summed E-state index contributed by atoms with van der Waals surface area (Å²) in [6.45, 7) is 8.55. The number of carboxylic acids is 1. The molecule has 4 aliphatic carbocycles. The van der Waals surface area contributed by atoms with E-state index in [0.717, 1.165) is 61.9 Å². The Morgan fingerprint density at radius 2 is 1.81 bits per heavy atom. The highest BCUT2D eigenvalue weighted by Gasteiger charge is 2.63. The van der Waals surface area contributed by atoms with Crippen molar-refractivity contribution in [2.24, 2.45) is 40.4 Å². The number of carbonyl (C=O) groups is 3. The van der Waals surface area contributed by atoms with Crippen molar-refractivity contribution in [3.63, 3.8) is 0 Å². The first-order valence-corrected chi connectivity index (χ1v) is 20.7. The minimum atomic E-state index is -0.881. The average Bonchev–Trinajstić information content (AvgIpc) is 3.57. The Hall–Kier alpha value is -1.43. The lowest BCUT2D eigenvalue weighted by atomic mass is 9.47. The Morgan fingerprint density at radius 1 is 1.04 bits per heavy atom. The molecule has 10 unspecified atom stereocenters. The smallest absolute Gasteiger partial charge is 0.407 e. The highest BCUT2D eigenvalue weighted by molar-refractivity contribution is 8.76. The second-order valence-corrected chi connectivity index (χ2v) is 18.2. The largest absolute Gasteiger partial charge is 0.481 e. The summed E-state index contributed by atoms with van der Waals surface area (Å²) in [7, 11) is 3.29. The Kier molecular flexibility index (Phi) is 12.9. The number of hydrogen-bond acceptors (Lipinski definition) is 8. The van der Waals surface area contributed by atoms with Gasteiger partial charge in [-0.3, -0.25) is 9.59 Å². The number of aliphatic hydroxyl groups excluding tert-OH is 1. The first-order valence-electron chi connectivity index (χ1n) is 18.2. The highest BCUT2D eigenvalue weighted by atomic mass is 33.1. The third kappa shape index (κ3) is 8.84. The highest BCUT2D eigenvalue weighted by Crippen LogP contribution is 2.68. The van der Waals surface area contributed by atoms with Gasteiger partial charge in [-0.05, 0) is 105 Å². The molecule has 1 saturated heterocycles. The Labute approximate surface area is 289 Å². The molecule has 0 aromatic rings. The fourth-order valence-corrected chi connectivity index (χ4v) is 11.8. The third-order valence-electron chi connectivity index (χ3n) is 12.6. The minimum absolute atomic E-state index is 0.0122. The summed E-state index contributed by atoms with van der Waals surface area (Å²) in [5.41, 5.74) is 2.09. The molecule has 10 atom stereocenters. The van der Waals surface area contributed by atoms with Gasteiger partial charge in [0.15, 0.2) is 0 Å². The minimum Gasteiger partial charge on any atom is -0.481 e. The van der Waals surface area contributed by atoms with Crippen LogP contribution in [0, 0.1) is 40.4 Å². The summed E-state index contributed by atoms with van der Waals surface area (Å²) in [4.78, 5) is 34.8. The average molecular weight is 695 g/mol. The Bertz CT molecular complexity index is 1140. The van der Waals surface area contributed by atoms with E-state index in [9.17, 15) is 19.5 Å². The van der Waals surface area contributed by atoms with Gasteiger partial charge < -0.3 is 30.3 Å². The van der Waals surface area contributed by atoms with Crippen molar-refractivity contribution in [3.8, 4) is 0 Å². The van der Waals surface area contributed by atoms with Crippen LogP contribution >= 0.6 is 21.6 Å². The molecule has 4 N–H and O–H groups in total. The molecule has 1 aliphatic heterocycles. The summed E-state index contributed by atoms with van der Waals surface area (Å²) in [6.07, 6.45) is 14.6. The fraction of sp³-hybridized carbons (Fsp3) is 0.861. The predicted octanol–water partition coefficient (Wildman–Crippen LogP) is 6.59. The van der Waals surface area contributed by atoms with Crippen LogP contribution in [0.3, 0.4) is 0 Å². The van der Waals surface area contributed by atoms with E-state index < -0.39 is 5.97 Å². The summed E-state index contributed by atoms with van der Waals surface area (Å²) in [5.74, 6) is 3.69. The number of alkyl carbamates (subject to hydrolysis) is 1. The number of nitrogens with one attached hydrogen (secondary N) is 2. The molecule has 9 nitrogen and oxygen atoms in total. The van der Waals surface area contributed by atoms with E-state index in [0.29, 0.717) is 54.9 Å². The van der Waals surface area contributed by atoms with E-state index >= 15 is 0 Å². The van der Waals surface area contributed by atoms with Crippen molar-refractivity contribution in [2.45, 2.75) is 123 Å². The van der Waals surface area contributed by atoms with E-state index in [2.05, 4.69) is 37.5 Å². The molecule has 0 radical (unpaired) electrons. The van der Waals surface area contributed by atoms with Crippen molar-refractivity contribution < 1.29 is 34.1 Å². The summed E-state index contributed by atoms with van der Waals surface area (Å²) in [5, 5.41) is 23.8. The van der Waals surface area contributed by atoms with Gasteiger partial charge in [-0.2, -0.15) is 0 Å². The fourth-order valence-electron chi connectivity index (χ4n) is 9.95. The quantitative estimate of drug-likeness (QED) is 0.0802. The number of hydrogen-bond donors (Lipinski definition) is 4. The predicted molar refractivity (Wildman–Crippen MR) is 187 cm³/mol. The number of rotatable bonds is 16. The molecule has 1 heterocycles. The summed E-state index contributed by atoms with van der Waals surface area (Å²) in [6, 6.07) is 0. The van der Waals surface area contributed by atoms with Crippen molar-refractivity contribution in [1.29, 1.82) is 0 Å². The lowest BCUT2D eigenvalue weighted by molar-refractivity contribution is -0.137. The third-order valence-corrected chi connectivity index (χ3v) is 15.0. The van der Waals surface area contributed by atoms with Crippen LogP contribution in [0.2, 0.25) is 0 Å². The number of carboxylic acid groups (broad SMARTS) is 1. The number of ether oxygens (including phenoxy) is 2. The van der Waals surface area contributed by atoms with Gasteiger partial charge in [0.1, 0.15) is 6.10 Å². The van der Waals surface area contributed by atoms with Crippen LogP contribution in [0.15, 0.2) is 11.6 Å². The van der Waals surface area contributed by atoms with E-state index in [1.54, 1.807) is 21.6 Å². The lowest BCUT2D eigenvalue weighted by Crippen LogP contribution is -2.50. The zero-order valence-corrected chi connectivity index (χ0v) is 30.3. The van der Waals surface area contributed by atoms with Crippen LogP contribution in [0.5, 0.6) is 0 Å². The van der Waals surface area contributed by atoms with Crippen LogP contribution in [-0.2, 0) is 19.1 Å². The van der Waals surface area contributed by atoms with Crippen molar-refractivity contribution in [3.05, 3.63) is 11.6 Å². The number of allylic oxidation sites excluding steroid dienone is 1. The Balaban J connectivity index is 1.00. The van der Waals surface area contributed by atoms with Crippen LogP contribution in [0.25, 0.3) is 0 Å². The van der Waals surface area contributed by atoms with Crippen LogP contribution < -0.4 is 10.6 Å². The van der Waals surface area contributed by atoms with Gasteiger partial charge in [0.05, 0.1) is 12.2 Å². The molecule has 5 aliphatic rings. The van der Waals surface area contributed by atoms with Gasteiger partial charge in [0.25, 0.3) is 0 Å². The first kappa shape index (κ1) is 36.8. The summed E-state index contributed by atoms with van der Waals surface area (Å²) >= 11 is 0. The molecule has 4 fully saturated rings. The molecule has 0 aromatic carbocycles. The number of aliphatic carboxylic acids is 1. The van der Waals surface area contributed by atoms with Gasteiger partial charge >= 0.3 is 12.1 Å². The van der Waals surface area contributed by atoms with Crippen LogP contribution in [-0.4, -0.2) is 77.7 Å². The molecule has 0 spiro atoms. The van der Waals surface area contributed by atoms with Gasteiger partial charge in [-0.1, -0.05) is 54.0 Å². The van der Waals surface area contributed by atoms with Gasteiger partial charge in [-0.15, -0.1) is 0 Å².